The molecule has 6 heteroatoms. The van der Waals surface area contributed by atoms with Gasteiger partial charge < -0.3 is 15.5 Å². The van der Waals surface area contributed by atoms with E-state index >= 15 is 0 Å². The van der Waals surface area contributed by atoms with Gasteiger partial charge in [0.2, 0.25) is 5.91 Å². The van der Waals surface area contributed by atoms with Gasteiger partial charge in [0.25, 0.3) is 0 Å². The summed E-state index contributed by atoms with van der Waals surface area (Å²) in [7, 11) is 5.25. The molecule has 0 spiro atoms. The smallest absolute Gasteiger partial charge is 0.223 e. The van der Waals surface area contributed by atoms with Gasteiger partial charge in [0.1, 0.15) is 0 Å². The summed E-state index contributed by atoms with van der Waals surface area (Å²) in [6.45, 7) is 1.41. The standard InChI is InChI=1S/C15H24N4OS/c1-16-15(17-10-9-14(20)19(2)3)18-11-12-21-13-7-5-4-6-8-13/h4-8H,9-12H2,1-3H3,(H2,16,17,18). The predicted molar refractivity (Wildman–Crippen MR) is 89.8 cm³/mol. The molecule has 0 heterocycles. The highest BCUT2D eigenvalue weighted by Gasteiger charge is 2.04. The topological polar surface area (TPSA) is 56.7 Å². The Morgan fingerprint density at radius 2 is 1.86 bits per heavy atom. The average Bonchev–Trinajstić information content (AvgIpc) is 2.50. The van der Waals surface area contributed by atoms with Crippen molar-refractivity contribution in [1.29, 1.82) is 0 Å². The molecule has 0 saturated heterocycles. The Bertz CT molecular complexity index is 448. The number of carbonyl (C=O) groups excluding carboxylic acids is 1. The number of guanidine groups is 1. The van der Waals surface area contributed by atoms with Crippen molar-refractivity contribution in [2.24, 2.45) is 4.99 Å². The normalized spacial score (nSPS) is 11.1. The van der Waals surface area contributed by atoms with Crippen LogP contribution < -0.4 is 10.6 Å². The van der Waals surface area contributed by atoms with Gasteiger partial charge in [-0.15, -0.1) is 11.8 Å². The number of hydrogen-bond acceptors (Lipinski definition) is 3. The van der Waals surface area contributed by atoms with Gasteiger partial charge in [-0.25, -0.2) is 0 Å². The fourth-order valence-electron chi connectivity index (χ4n) is 1.59. The lowest BCUT2D eigenvalue weighted by molar-refractivity contribution is -0.128. The summed E-state index contributed by atoms with van der Waals surface area (Å²) in [6, 6.07) is 10.3. The van der Waals surface area contributed by atoms with Gasteiger partial charge in [0.05, 0.1) is 0 Å². The van der Waals surface area contributed by atoms with E-state index in [4.69, 9.17) is 0 Å². The van der Waals surface area contributed by atoms with Crippen molar-refractivity contribution in [3.8, 4) is 0 Å². The summed E-state index contributed by atoms with van der Waals surface area (Å²) in [5.74, 6) is 1.80. The van der Waals surface area contributed by atoms with E-state index in [1.807, 2.05) is 18.2 Å². The molecule has 1 aromatic carbocycles. The summed E-state index contributed by atoms with van der Waals surface area (Å²) in [6.07, 6.45) is 0.465. The second-order valence-electron chi connectivity index (χ2n) is 4.63. The number of rotatable bonds is 7. The van der Waals surface area contributed by atoms with Crippen molar-refractivity contribution in [3.05, 3.63) is 30.3 Å². The highest BCUT2D eigenvalue weighted by molar-refractivity contribution is 7.99. The van der Waals surface area contributed by atoms with Gasteiger partial charge in [-0.05, 0) is 12.1 Å². The molecule has 116 valence electrons. The third-order valence-electron chi connectivity index (χ3n) is 2.76. The van der Waals surface area contributed by atoms with E-state index in [1.165, 1.54) is 4.90 Å². The molecule has 0 unspecified atom stereocenters. The molecule has 1 amide bonds. The molecular formula is C15H24N4OS. The van der Waals surface area contributed by atoms with E-state index in [1.54, 1.807) is 37.8 Å². The first-order valence-corrected chi connectivity index (χ1v) is 7.94. The SMILES string of the molecule is CN=C(NCCSc1ccccc1)NCCC(=O)N(C)C. The fraction of sp³-hybridized carbons (Fsp3) is 0.467. The summed E-state index contributed by atoms with van der Waals surface area (Å²) < 4.78 is 0. The van der Waals surface area contributed by atoms with Crippen LogP contribution in [0.4, 0.5) is 0 Å². The van der Waals surface area contributed by atoms with Crippen LogP contribution in [0, 0.1) is 0 Å². The largest absolute Gasteiger partial charge is 0.356 e. The molecule has 0 fully saturated rings. The Kier molecular flexibility index (Phi) is 8.35. The van der Waals surface area contributed by atoms with E-state index in [0.29, 0.717) is 13.0 Å². The Morgan fingerprint density at radius 1 is 1.19 bits per heavy atom. The minimum absolute atomic E-state index is 0.109. The summed E-state index contributed by atoms with van der Waals surface area (Å²) >= 11 is 1.80. The van der Waals surface area contributed by atoms with Crippen LogP contribution in [0.3, 0.4) is 0 Å². The van der Waals surface area contributed by atoms with Gasteiger partial charge in [-0.3, -0.25) is 9.79 Å². The van der Waals surface area contributed by atoms with E-state index in [0.717, 1.165) is 18.3 Å². The van der Waals surface area contributed by atoms with Crippen LogP contribution in [0.25, 0.3) is 0 Å². The van der Waals surface area contributed by atoms with Crippen molar-refractivity contribution in [2.75, 3.05) is 40.0 Å². The molecule has 0 atom stereocenters. The molecule has 2 N–H and O–H groups in total. The Balaban J connectivity index is 2.15. The Hall–Kier alpha value is -1.69. The van der Waals surface area contributed by atoms with E-state index in [9.17, 15) is 4.79 Å². The number of nitrogens with one attached hydrogen (secondary N) is 2. The Labute approximate surface area is 131 Å². The van der Waals surface area contributed by atoms with Crippen LogP contribution in [0.5, 0.6) is 0 Å². The molecule has 0 aliphatic heterocycles. The van der Waals surface area contributed by atoms with Gasteiger partial charge in [-0.2, -0.15) is 0 Å². The number of benzene rings is 1. The highest BCUT2D eigenvalue weighted by Crippen LogP contribution is 2.15. The first-order chi connectivity index (χ1) is 10.1. The van der Waals surface area contributed by atoms with Crippen LogP contribution in [0.1, 0.15) is 6.42 Å². The summed E-state index contributed by atoms with van der Waals surface area (Å²) in [4.78, 5) is 18.4. The number of carbonyl (C=O) groups is 1. The zero-order valence-electron chi connectivity index (χ0n) is 12.9. The zero-order valence-corrected chi connectivity index (χ0v) is 13.7. The van der Waals surface area contributed by atoms with Crippen molar-refractivity contribution in [1.82, 2.24) is 15.5 Å². The van der Waals surface area contributed by atoms with Gasteiger partial charge in [0.15, 0.2) is 5.96 Å². The van der Waals surface area contributed by atoms with Crippen LogP contribution in [-0.2, 0) is 4.79 Å². The van der Waals surface area contributed by atoms with Gasteiger partial charge in [0, 0.05) is 51.3 Å². The van der Waals surface area contributed by atoms with Crippen LogP contribution in [-0.4, -0.2) is 56.8 Å². The van der Waals surface area contributed by atoms with Crippen molar-refractivity contribution in [2.45, 2.75) is 11.3 Å². The zero-order chi connectivity index (χ0) is 15.5. The molecule has 1 aromatic rings. The van der Waals surface area contributed by atoms with Crippen molar-refractivity contribution >= 4 is 23.6 Å². The molecule has 0 aliphatic carbocycles. The minimum Gasteiger partial charge on any atom is -0.356 e. The van der Waals surface area contributed by atoms with Crippen molar-refractivity contribution < 1.29 is 4.79 Å². The number of hydrogen-bond donors (Lipinski definition) is 2. The lowest BCUT2D eigenvalue weighted by atomic mass is 10.4. The maximum absolute atomic E-state index is 11.5. The third kappa shape index (κ3) is 7.60. The third-order valence-corrected chi connectivity index (χ3v) is 3.77. The maximum atomic E-state index is 11.5. The number of aliphatic imine (C=N–C) groups is 1. The maximum Gasteiger partial charge on any atom is 0.223 e. The lowest BCUT2D eigenvalue weighted by Gasteiger charge is -2.13. The first kappa shape index (κ1) is 17.4. The molecule has 0 aliphatic rings. The number of nitrogens with zero attached hydrogens (tertiary/aromatic N) is 2. The lowest BCUT2D eigenvalue weighted by Crippen LogP contribution is -2.40. The fourth-order valence-corrected chi connectivity index (χ4v) is 2.38. The first-order valence-electron chi connectivity index (χ1n) is 6.96. The van der Waals surface area contributed by atoms with Crippen molar-refractivity contribution in [3.63, 3.8) is 0 Å². The molecule has 0 radical (unpaired) electrons. The molecule has 5 nitrogen and oxygen atoms in total. The summed E-state index contributed by atoms with van der Waals surface area (Å²) in [5.41, 5.74) is 0. The monoisotopic (exact) mass is 308 g/mol. The summed E-state index contributed by atoms with van der Waals surface area (Å²) in [5, 5.41) is 6.37. The molecule has 21 heavy (non-hydrogen) atoms. The predicted octanol–water partition coefficient (Wildman–Crippen LogP) is 1.42. The molecule has 0 saturated carbocycles. The Morgan fingerprint density at radius 3 is 2.48 bits per heavy atom. The van der Waals surface area contributed by atoms with Gasteiger partial charge >= 0.3 is 0 Å². The highest BCUT2D eigenvalue weighted by atomic mass is 32.2. The molecular weight excluding hydrogens is 284 g/mol. The van der Waals surface area contributed by atoms with E-state index < -0.39 is 0 Å². The minimum atomic E-state index is 0.109. The van der Waals surface area contributed by atoms with Crippen LogP contribution >= 0.6 is 11.8 Å². The van der Waals surface area contributed by atoms with E-state index in [2.05, 4.69) is 27.8 Å². The van der Waals surface area contributed by atoms with Crippen LogP contribution in [0.15, 0.2) is 40.2 Å². The number of thioether (sulfide) groups is 1. The van der Waals surface area contributed by atoms with E-state index in [-0.39, 0.29) is 5.91 Å². The average molecular weight is 308 g/mol. The molecule has 0 bridgehead atoms. The molecule has 0 aromatic heterocycles. The second kappa shape index (κ2) is 10.1. The van der Waals surface area contributed by atoms with Crippen LogP contribution in [0.2, 0.25) is 0 Å². The number of amides is 1. The van der Waals surface area contributed by atoms with Gasteiger partial charge in [-0.1, -0.05) is 18.2 Å². The second-order valence-corrected chi connectivity index (χ2v) is 5.79. The quantitative estimate of drug-likeness (QED) is 0.346. The molecule has 1 rings (SSSR count).